The quantitative estimate of drug-likeness (QED) is 0.754. The van der Waals surface area contributed by atoms with Gasteiger partial charge in [-0.3, -0.25) is 4.79 Å². The Labute approximate surface area is 132 Å². The molecule has 0 aliphatic heterocycles. The summed E-state index contributed by atoms with van der Waals surface area (Å²) in [4.78, 5) is 12.1. The number of rotatable bonds is 3. The standard InChI is InChI=1S/C12H11BrIN3O2/c1-17-11(19-2)6-10(16-17)12(18)15-9-5-7(14)3-4-8(9)13/h3-6H,1-2H3,(H,15,18). The van der Waals surface area contributed by atoms with E-state index in [0.717, 1.165) is 8.04 Å². The third-order valence-corrected chi connectivity index (χ3v) is 3.82. The molecule has 1 aromatic carbocycles. The molecule has 7 heteroatoms. The van der Waals surface area contributed by atoms with Gasteiger partial charge in [-0.15, -0.1) is 0 Å². The number of ether oxygens (including phenoxy) is 1. The van der Waals surface area contributed by atoms with Crippen molar-refractivity contribution in [3.05, 3.63) is 38.0 Å². The van der Waals surface area contributed by atoms with Gasteiger partial charge in [0.05, 0.1) is 12.8 Å². The number of methoxy groups -OCH3 is 1. The molecule has 1 N–H and O–H groups in total. The second-order valence-electron chi connectivity index (χ2n) is 3.77. The van der Waals surface area contributed by atoms with Gasteiger partial charge in [0.25, 0.3) is 5.91 Å². The predicted octanol–water partition coefficient (Wildman–Crippen LogP) is 3.05. The van der Waals surface area contributed by atoms with Crippen LogP contribution in [-0.4, -0.2) is 22.8 Å². The number of anilines is 1. The lowest BCUT2D eigenvalue weighted by Gasteiger charge is -2.06. The Morgan fingerprint density at radius 3 is 2.84 bits per heavy atom. The zero-order valence-corrected chi connectivity index (χ0v) is 14.0. The molecule has 2 rings (SSSR count). The normalized spacial score (nSPS) is 10.3. The van der Waals surface area contributed by atoms with Crippen LogP contribution in [0.1, 0.15) is 10.5 Å². The summed E-state index contributed by atoms with van der Waals surface area (Å²) in [6.07, 6.45) is 0. The van der Waals surface area contributed by atoms with Gasteiger partial charge in [0.1, 0.15) is 0 Å². The molecule has 0 atom stereocenters. The molecule has 2 aromatic rings. The first kappa shape index (κ1) is 14.3. The van der Waals surface area contributed by atoms with Crippen LogP contribution < -0.4 is 10.1 Å². The first-order chi connectivity index (χ1) is 9.01. The molecule has 1 heterocycles. The molecule has 1 amide bonds. The van der Waals surface area contributed by atoms with Gasteiger partial charge in [0.2, 0.25) is 5.88 Å². The van der Waals surface area contributed by atoms with Crippen LogP contribution in [-0.2, 0) is 7.05 Å². The third-order valence-electron chi connectivity index (χ3n) is 2.46. The number of amides is 1. The van der Waals surface area contributed by atoms with Crippen LogP contribution in [0.3, 0.4) is 0 Å². The van der Waals surface area contributed by atoms with Crippen molar-refractivity contribution in [2.75, 3.05) is 12.4 Å². The van der Waals surface area contributed by atoms with Crippen LogP contribution in [0.15, 0.2) is 28.7 Å². The van der Waals surface area contributed by atoms with Crippen LogP contribution in [0, 0.1) is 3.57 Å². The summed E-state index contributed by atoms with van der Waals surface area (Å²) in [6.45, 7) is 0. The Morgan fingerprint density at radius 2 is 2.21 bits per heavy atom. The number of hydrogen-bond donors (Lipinski definition) is 1. The van der Waals surface area contributed by atoms with Gasteiger partial charge in [0.15, 0.2) is 5.69 Å². The second kappa shape index (κ2) is 5.91. The van der Waals surface area contributed by atoms with Crippen molar-refractivity contribution in [2.45, 2.75) is 0 Å². The lowest BCUT2D eigenvalue weighted by Crippen LogP contribution is -2.13. The van der Waals surface area contributed by atoms with E-state index in [9.17, 15) is 4.79 Å². The molecule has 19 heavy (non-hydrogen) atoms. The van der Waals surface area contributed by atoms with E-state index in [2.05, 4.69) is 48.9 Å². The molecular formula is C12H11BrIN3O2. The predicted molar refractivity (Wildman–Crippen MR) is 84.6 cm³/mol. The fraction of sp³-hybridized carbons (Fsp3) is 0.167. The van der Waals surface area contributed by atoms with E-state index in [1.54, 1.807) is 13.1 Å². The number of nitrogens with zero attached hydrogens (tertiary/aromatic N) is 2. The summed E-state index contributed by atoms with van der Waals surface area (Å²) in [7, 11) is 3.26. The molecule has 0 unspecified atom stereocenters. The molecular weight excluding hydrogens is 425 g/mol. The van der Waals surface area contributed by atoms with Crippen LogP contribution in [0.4, 0.5) is 5.69 Å². The van der Waals surface area contributed by atoms with Crippen molar-refractivity contribution in [3.63, 3.8) is 0 Å². The number of carbonyl (C=O) groups is 1. The first-order valence-electron chi connectivity index (χ1n) is 5.35. The van der Waals surface area contributed by atoms with Crippen LogP contribution >= 0.6 is 38.5 Å². The monoisotopic (exact) mass is 435 g/mol. The fourth-order valence-electron chi connectivity index (χ4n) is 1.53. The van der Waals surface area contributed by atoms with Crippen molar-refractivity contribution in [3.8, 4) is 5.88 Å². The van der Waals surface area contributed by atoms with Gasteiger partial charge < -0.3 is 10.1 Å². The summed E-state index contributed by atoms with van der Waals surface area (Å²) in [5.74, 6) is 0.258. The lowest BCUT2D eigenvalue weighted by atomic mass is 10.3. The minimum atomic E-state index is -0.276. The molecule has 0 radical (unpaired) electrons. The van der Waals surface area contributed by atoms with Crippen LogP contribution in [0.25, 0.3) is 0 Å². The number of carbonyl (C=O) groups excluding carboxylic acids is 1. The molecule has 0 aliphatic rings. The van der Waals surface area contributed by atoms with E-state index in [-0.39, 0.29) is 5.91 Å². The van der Waals surface area contributed by atoms with Gasteiger partial charge in [-0.25, -0.2) is 4.68 Å². The van der Waals surface area contributed by atoms with E-state index < -0.39 is 0 Å². The van der Waals surface area contributed by atoms with Gasteiger partial charge in [-0.2, -0.15) is 5.10 Å². The van der Waals surface area contributed by atoms with Crippen LogP contribution in [0.2, 0.25) is 0 Å². The van der Waals surface area contributed by atoms with E-state index in [1.807, 2.05) is 18.2 Å². The number of aryl methyl sites for hydroxylation is 1. The zero-order chi connectivity index (χ0) is 14.0. The summed E-state index contributed by atoms with van der Waals surface area (Å²) in [6, 6.07) is 7.31. The molecule has 0 bridgehead atoms. The van der Waals surface area contributed by atoms with Crippen molar-refractivity contribution < 1.29 is 9.53 Å². The number of hydrogen-bond acceptors (Lipinski definition) is 3. The van der Waals surface area contributed by atoms with Crippen molar-refractivity contribution >= 4 is 50.1 Å². The minimum absolute atomic E-state index is 0.276. The highest BCUT2D eigenvalue weighted by Crippen LogP contribution is 2.25. The maximum absolute atomic E-state index is 12.1. The SMILES string of the molecule is COc1cc(C(=O)Nc2cc(I)ccc2Br)nn1C. The number of benzene rings is 1. The Bertz CT molecular complexity index is 627. The lowest BCUT2D eigenvalue weighted by molar-refractivity contribution is 0.102. The summed E-state index contributed by atoms with van der Waals surface area (Å²) in [5.41, 5.74) is 1.02. The Kier molecular flexibility index (Phi) is 4.46. The highest BCUT2D eigenvalue weighted by Gasteiger charge is 2.14. The topological polar surface area (TPSA) is 56.1 Å². The van der Waals surface area contributed by atoms with Gasteiger partial charge in [0, 0.05) is 21.2 Å². The van der Waals surface area contributed by atoms with E-state index in [0.29, 0.717) is 17.3 Å². The van der Waals surface area contributed by atoms with E-state index in [1.165, 1.54) is 11.8 Å². The van der Waals surface area contributed by atoms with Gasteiger partial charge >= 0.3 is 0 Å². The molecule has 0 fully saturated rings. The van der Waals surface area contributed by atoms with Crippen LogP contribution in [0.5, 0.6) is 5.88 Å². The largest absolute Gasteiger partial charge is 0.481 e. The molecule has 1 aromatic heterocycles. The zero-order valence-electron chi connectivity index (χ0n) is 10.3. The maximum Gasteiger partial charge on any atom is 0.276 e. The van der Waals surface area contributed by atoms with E-state index in [4.69, 9.17) is 4.74 Å². The Morgan fingerprint density at radius 1 is 1.47 bits per heavy atom. The van der Waals surface area contributed by atoms with Crippen molar-refractivity contribution in [1.29, 1.82) is 0 Å². The highest BCUT2D eigenvalue weighted by atomic mass is 127. The third kappa shape index (κ3) is 3.27. The Balaban J connectivity index is 2.22. The van der Waals surface area contributed by atoms with Gasteiger partial charge in [-0.05, 0) is 56.7 Å². The molecule has 0 saturated heterocycles. The average molecular weight is 436 g/mol. The smallest absolute Gasteiger partial charge is 0.276 e. The van der Waals surface area contributed by atoms with Gasteiger partial charge in [-0.1, -0.05) is 0 Å². The molecule has 5 nitrogen and oxygen atoms in total. The number of aromatic nitrogens is 2. The number of halogens is 2. The minimum Gasteiger partial charge on any atom is -0.481 e. The fourth-order valence-corrected chi connectivity index (χ4v) is 2.37. The molecule has 100 valence electrons. The van der Waals surface area contributed by atoms with Crippen molar-refractivity contribution in [2.24, 2.45) is 7.05 Å². The maximum atomic E-state index is 12.1. The second-order valence-corrected chi connectivity index (χ2v) is 5.87. The number of nitrogens with one attached hydrogen (secondary N) is 1. The van der Waals surface area contributed by atoms with Crippen molar-refractivity contribution in [1.82, 2.24) is 9.78 Å². The molecule has 0 saturated carbocycles. The molecule has 0 spiro atoms. The molecule has 0 aliphatic carbocycles. The Hall–Kier alpha value is -1.09. The summed E-state index contributed by atoms with van der Waals surface area (Å²) >= 11 is 5.58. The summed E-state index contributed by atoms with van der Waals surface area (Å²) < 4.78 is 8.45. The average Bonchev–Trinajstić information content (AvgIpc) is 2.75. The summed E-state index contributed by atoms with van der Waals surface area (Å²) in [5, 5.41) is 6.90. The first-order valence-corrected chi connectivity index (χ1v) is 7.23. The van der Waals surface area contributed by atoms with E-state index >= 15 is 0 Å². The highest BCUT2D eigenvalue weighted by molar-refractivity contribution is 14.1.